The average molecular weight is 483 g/mol. The molecular weight excluding hydrogens is 456 g/mol. The number of aryl methyl sites for hydroxylation is 3. The minimum Gasteiger partial charge on any atom is -0.496 e. The summed E-state index contributed by atoms with van der Waals surface area (Å²) in [6.07, 6.45) is 4.26. The lowest BCUT2D eigenvalue weighted by Crippen LogP contribution is -2.44. The predicted octanol–water partition coefficient (Wildman–Crippen LogP) is 2.97. The molecule has 3 aromatic heterocycles. The van der Waals surface area contributed by atoms with E-state index in [1.54, 1.807) is 18.6 Å². The number of rotatable bonds is 9. The first-order valence-electron chi connectivity index (χ1n) is 11.0. The molecule has 4 rings (SSSR count). The molecule has 10 heteroatoms. The summed E-state index contributed by atoms with van der Waals surface area (Å²) >= 11 is 1.28. The van der Waals surface area contributed by atoms with Crippen LogP contribution in [0.25, 0.3) is 21.0 Å². The second-order valence-electron chi connectivity index (χ2n) is 7.81. The standard InChI is InChI=1S/C24H26N4O5S/c1-4-10-25-18(29)14-28-22(30)19-15(2)20(21-26-11-13-33-21)34-23(19)27(24(28)31)12-9-16-7-5-6-8-17(16)32-3/h5-8,11,13H,4,9-10,12,14H2,1-3H3,(H,25,29). The van der Waals surface area contributed by atoms with Crippen LogP contribution in [0, 0.1) is 6.92 Å². The second kappa shape index (κ2) is 10.1. The van der Waals surface area contributed by atoms with Crippen LogP contribution in [0.2, 0.25) is 0 Å². The van der Waals surface area contributed by atoms with E-state index in [0.29, 0.717) is 46.1 Å². The quantitative estimate of drug-likeness (QED) is 0.393. The Bertz CT molecular complexity index is 1430. The molecule has 0 fully saturated rings. The number of hydrogen-bond donors (Lipinski definition) is 1. The number of fused-ring (bicyclic) bond motifs is 1. The lowest BCUT2D eigenvalue weighted by Gasteiger charge is -2.13. The number of methoxy groups -OCH3 is 1. The molecule has 0 radical (unpaired) electrons. The van der Waals surface area contributed by atoms with E-state index in [0.717, 1.165) is 22.3 Å². The molecule has 1 aromatic carbocycles. The third kappa shape index (κ3) is 4.41. The van der Waals surface area contributed by atoms with Crippen molar-refractivity contribution in [3.05, 3.63) is 68.7 Å². The summed E-state index contributed by atoms with van der Waals surface area (Å²) in [5.41, 5.74) is 0.580. The maximum absolute atomic E-state index is 13.5. The predicted molar refractivity (Wildman–Crippen MR) is 131 cm³/mol. The van der Waals surface area contributed by atoms with Gasteiger partial charge in [0.2, 0.25) is 11.8 Å². The van der Waals surface area contributed by atoms with Gasteiger partial charge in [-0.25, -0.2) is 9.78 Å². The molecule has 3 heterocycles. The molecule has 0 unspecified atom stereocenters. The Balaban J connectivity index is 1.86. The van der Waals surface area contributed by atoms with Gasteiger partial charge in [-0.15, -0.1) is 11.3 Å². The summed E-state index contributed by atoms with van der Waals surface area (Å²) in [6.45, 7) is 4.17. The number of nitrogens with one attached hydrogen (secondary N) is 1. The monoisotopic (exact) mass is 482 g/mol. The van der Waals surface area contributed by atoms with Crippen LogP contribution in [0.15, 0.2) is 50.7 Å². The van der Waals surface area contributed by atoms with Gasteiger partial charge in [0.15, 0.2) is 0 Å². The summed E-state index contributed by atoms with van der Waals surface area (Å²) < 4.78 is 13.5. The van der Waals surface area contributed by atoms with E-state index < -0.39 is 11.2 Å². The summed E-state index contributed by atoms with van der Waals surface area (Å²) in [5, 5.41) is 3.12. The van der Waals surface area contributed by atoms with E-state index in [1.807, 2.05) is 31.2 Å². The summed E-state index contributed by atoms with van der Waals surface area (Å²) in [6, 6.07) is 7.59. The molecule has 178 valence electrons. The Kier molecular flexibility index (Phi) is 6.97. The van der Waals surface area contributed by atoms with Crippen molar-refractivity contribution in [2.24, 2.45) is 0 Å². The normalized spacial score (nSPS) is 11.1. The van der Waals surface area contributed by atoms with Crippen molar-refractivity contribution in [3.63, 3.8) is 0 Å². The number of ether oxygens (including phenoxy) is 1. The highest BCUT2D eigenvalue weighted by Gasteiger charge is 2.23. The smallest absolute Gasteiger partial charge is 0.332 e. The molecule has 34 heavy (non-hydrogen) atoms. The number of para-hydroxylation sites is 1. The first-order valence-corrected chi connectivity index (χ1v) is 11.8. The lowest BCUT2D eigenvalue weighted by atomic mass is 10.1. The van der Waals surface area contributed by atoms with Gasteiger partial charge >= 0.3 is 5.69 Å². The van der Waals surface area contributed by atoms with Gasteiger partial charge in [-0.2, -0.15) is 0 Å². The maximum atomic E-state index is 13.5. The molecule has 0 atom stereocenters. The molecular formula is C24H26N4O5S. The van der Waals surface area contributed by atoms with Gasteiger partial charge < -0.3 is 14.5 Å². The summed E-state index contributed by atoms with van der Waals surface area (Å²) in [7, 11) is 1.60. The molecule has 0 saturated carbocycles. The Morgan fingerprint density at radius 1 is 1.24 bits per heavy atom. The van der Waals surface area contributed by atoms with Gasteiger partial charge in [0.25, 0.3) is 5.56 Å². The number of aromatic nitrogens is 3. The minimum atomic E-state index is -0.528. The molecule has 0 aliphatic carbocycles. The third-order valence-corrected chi connectivity index (χ3v) is 6.89. The van der Waals surface area contributed by atoms with Crippen molar-refractivity contribution in [1.29, 1.82) is 0 Å². The van der Waals surface area contributed by atoms with Crippen molar-refractivity contribution in [2.45, 2.75) is 39.8 Å². The van der Waals surface area contributed by atoms with Gasteiger partial charge in [-0.1, -0.05) is 25.1 Å². The minimum absolute atomic E-state index is 0.303. The maximum Gasteiger partial charge on any atom is 0.332 e. The molecule has 4 aromatic rings. The number of benzene rings is 1. The number of carbonyl (C=O) groups excluding carboxylic acids is 1. The number of nitrogens with zero attached hydrogens (tertiary/aromatic N) is 3. The number of amides is 1. The molecule has 1 amide bonds. The number of carbonyl (C=O) groups is 1. The molecule has 9 nitrogen and oxygen atoms in total. The molecule has 0 aliphatic heterocycles. The zero-order chi connectivity index (χ0) is 24.2. The van der Waals surface area contributed by atoms with Crippen molar-refractivity contribution in [2.75, 3.05) is 13.7 Å². The highest BCUT2D eigenvalue weighted by atomic mass is 32.1. The molecule has 0 aliphatic rings. The summed E-state index contributed by atoms with van der Waals surface area (Å²) in [5.74, 6) is 0.730. The lowest BCUT2D eigenvalue weighted by molar-refractivity contribution is -0.121. The fourth-order valence-electron chi connectivity index (χ4n) is 3.88. The molecule has 0 spiro atoms. The SMILES string of the molecule is CCCNC(=O)Cn1c(=O)c2c(C)c(-c3ncco3)sc2n(CCc2ccccc2OC)c1=O. The van der Waals surface area contributed by atoms with Crippen LogP contribution in [0.4, 0.5) is 0 Å². The van der Waals surface area contributed by atoms with E-state index >= 15 is 0 Å². The average Bonchev–Trinajstić information content (AvgIpc) is 3.48. The second-order valence-corrected chi connectivity index (χ2v) is 8.81. The van der Waals surface area contributed by atoms with Crippen molar-refractivity contribution >= 4 is 27.5 Å². The van der Waals surface area contributed by atoms with Gasteiger partial charge in [-0.05, 0) is 37.0 Å². The van der Waals surface area contributed by atoms with E-state index in [-0.39, 0.29) is 12.5 Å². The van der Waals surface area contributed by atoms with Crippen molar-refractivity contribution in [1.82, 2.24) is 19.4 Å². The third-order valence-electron chi connectivity index (χ3n) is 5.59. The van der Waals surface area contributed by atoms with Crippen LogP contribution in [0.5, 0.6) is 5.75 Å². The van der Waals surface area contributed by atoms with Crippen LogP contribution in [-0.4, -0.2) is 33.7 Å². The highest BCUT2D eigenvalue weighted by molar-refractivity contribution is 7.22. The zero-order valence-corrected chi connectivity index (χ0v) is 20.1. The fourth-order valence-corrected chi connectivity index (χ4v) is 5.14. The molecule has 1 N–H and O–H groups in total. The Morgan fingerprint density at radius 2 is 2.03 bits per heavy atom. The van der Waals surface area contributed by atoms with Crippen LogP contribution in [-0.2, 0) is 24.3 Å². The van der Waals surface area contributed by atoms with E-state index in [1.165, 1.54) is 23.8 Å². The van der Waals surface area contributed by atoms with Gasteiger partial charge in [0, 0.05) is 13.1 Å². The number of hydrogen-bond acceptors (Lipinski definition) is 7. The number of oxazole rings is 1. The van der Waals surface area contributed by atoms with Crippen LogP contribution in [0.3, 0.4) is 0 Å². The van der Waals surface area contributed by atoms with Gasteiger partial charge in [-0.3, -0.25) is 18.7 Å². The first kappa shape index (κ1) is 23.5. The van der Waals surface area contributed by atoms with Gasteiger partial charge in [0.1, 0.15) is 23.4 Å². The van der Waals surface area contributed by atoms with Gasteiger partial charge in [0.05, 0.1) is 23.6 Å². The van der Waals surface area contributed by atoms with Crippen LogP contribution >= 0.6 is 11.3 Å². The van der Waals surface area contributed by atoms with Crippen molar-refractivity contribution < 1.29 is 13.9 Å². The highest BCUT2D eigenvalue weighted by Crippen LogP contribution is 2.35. The zero-order valence-electron chi connectivity index (χ0n) is 19.3. The first-order chi connectivity index (χ1) is 16.5. The largest absolute Gasteiger partial charge is 0.496 e. The van der Waals surface area contributed by atoms with E-state index in [2.05, 4.69) is 10.3 Å². The van der Waals surface area contributed by atoms with Crippen LogP contribution < -0.4 is 21.3 Å². The van der Waals surface area contributed by atoms with Crippen LogP contribution in [0.1, 0.15) is 24.5 Å². The van der Waals surface area contributed by atoms with Crippen molar-refractivity contribution in [3.8, 4) is 16.5 Å². The number of thiophene rings is 1. The topological polar surface area (TPSA) is 108 Å². The van der Waals surface area contributed by atoms with E-state index in [4.69, 9.17) is 9.15 Å². The summed E-state index contributed by atoms with van der Waals surface area (Å²) in [4.78, 5) is 44.7. The Morgan fingerprint density at radius 3 is 2.74 bits per heavy atom. The van der Waals surface area contributed by atoms with E-state index in [9.17, 15) is 14.4 Å². The fraction of sp³-hybridized carbons (Fsp3) is 0.333. The Hall–Kier alpha value is -3.66. The Labute approximate surface area is 199 Å². The molecule has 0 bridgehead atoms. The molecule has 0 saturated heterocycles.